The summed E-state index contributed by atoms with van der Waals surface area (Å²) in [6.07, 6.45) is 0. The summed E-state index contributed by atoms with van der Waals surface area (Å²) < 4.78 is 12.5. The molecule has 2 aromatic carbocycles. The number of rotatable bonds is 6. The highest BCUT2D eigenvalue weighted by Gasteiger charge is 2.26. The van der Waals surface area contributed by atoms with Crippen molar-refractivity contribution in [1.29, 1.82) is 0 Å². The Bertz CT molecular complexity index is 1110. The van der Waals surface area contributed by atoms with Crippen molar-refractivity contribution in [3.63, 3.8) is 0 Å². The number of ether oxygens (including phenoxy) is 2. The van der Waals surface area contributed by atoms with Gasteiger partial charge in [0.25, 0.3) is 5.91 Å². The lowest BCUT2D eigenvalue weighted by molar-refractivity contribution is 0.101. The Kier molecular flexibility index (Phi) is 6.15. The minimum atomic E-state index is -0.355. The molecule has 3 aromatic rings. The lowest BCUT2D eigenvalue weighted by Gasteiger charge is -2.17. The maximum absolute atomic E-state index is 13.2. The Hall–Kier alpha value is -3.61. The summed E-state index contributed by atoms with van der Waals surface area (Å²) in [4.78, 5) is 26.2. The second-order valence-electron chi connectivity index (χ2n) is 8.16. The summed E-state index contributed by atoms with van der Waals surface area (Å²) in [5.41, 5.74) is 2.12. The number of ketones is 1. The van der Waals surface area contributed by atoms with Crippen LogP contribution in [0.25, 0.3) is 0 Å². The van der Waals surface area contributed by atoms with Crippen LogP contribution >= 0.6 is 0 Å². The third-order valence-corrected chi connectivity index (χ3v) is 4.94. The molecule has 3 rings (SSSR count). The van der Waals surface area contributed by atoms with Gasteiger partial charge in [-0.15, -0.1) is 0 Å². The van der Waals surface area contributed by atoms with E-state index < -0.39 is 0 Å². The Morgan fingerprint density at radius 1 is 1.00 bits per heavy atom. The molecule has 0 atom stereocenters. The summed E-state index contributed by atoms with van der Waals surface area (Å²) in [6.45, 7) is 6.10. The third-order valence-electron chi connectivity index (χ3n) is 4.94. The van der Waals surface area contributed by atoms with Crippen molar-refractivity contribution in [2.45, 2.75) is 26.2 Å². The van der Waals surface area contributed by atoms with Gasteiger partial charge in [-0.05, 0) is 18.2 Å². The zero-order valence-corrected chi connectivity index (χ0v) is 18.6. The molecule has 7 nitrogen and oxygen atoms in total. The van der Waals surface area contributed by atoms with E-state index >= 15 is 0 Å². The standard InChI is InChI=1S/C24H27N3O4/c1-24(2,3)19-14-17(27(4)26-19)23(29)25-16-12-13-18(30-5)20(22(16)31-6)21(28)15-10-8-7-9-11-15/h7-14H,1-6H3,(H,25,29). The average Bonchev–Trinajstić information content (AvgIpc) is 3.15. The van der Waals surface area contributed by atoms with Crippen LogP contribution in [0.15, 0.2) is 48.5 Å². The first kappa shape index (κ1) is 22.1. The van der Waals surface area contributed by atoms with Crippen molar-refractivity contribution in [2.24, 2.45) is 7.05 Å². The van der Waals surface area contributed by atoms with E-state index in [1.54, 1.807) is 54.2 Å². The Labute approximate surface area is 182 Å². The van der Waals surface area contributed by atoms with Crippen molar-refractivity contribution in [1.82, 2.24) is 9.78 Å². The molecular weight excluding hydrogens is 394 g/mol. The van der Waals surface area contributed by atoms with Crippen molar-refractivity contribution in [3.8, 4) is 11.5 Å². The first-order chi connectivity index (χ1) is 14.7. The molecule has 0 fully saturated rings. The zero-order chi connectivity index (χ0) is 22.8. The Morgan fingerprint density at radius 3 is 2.23 bits per heavy atom. The van der Waals surface area contributed by atoms with Crippen LogP contribution in [0, 0.1) is 0 Å². The number of hydrogen-bond acceptors (Lipinski definition) is 5. The number of methoxy groups -OCH3 is 2. The van der Waals surface area contributed by atoms with Crippen LogP contribution in [0.5, 0.6) is 11.5 Å². The number of hydrogen-bond donors (Lipinski definition) is 1. The molecular formula is C24H27N3O4. The van der Waals surface area contributed by atoms with Gasteiger partial charge in [0, 0.05) is 18.0 Å². The fraction of sp³-hybridized carbons (Fsp3) is 0.292. The topological polar surface area (TPSA) is 82.4 Å². The van der Waals surface area contributed by atoms with Crippen LogP contribution in [-0.4, -0.2) is 35.7 Å². The van der Waals surface area contributed by atoms with E-state index in [4.69, 9.17) is 9.47 Å². The van der Waals surface area contributed by atoms with E-state index in [2.05, 4.69) is 10.4 Å². The van der Waals surface area contributed by atoms with Crippen molar-refractivity contribution in [2.75, 3.05) is 19.5 Å². The summed E-state index contributed by atoms with van der Waals surface area (Å²) in [5.74, 6) is -0.0213. The van der Waals surface area contributed by atoms with E-state index in [1.165, 1.54) is 14.2 Å². The van der Waals surface area contributed by atoms with Crippen LogP contribution < -0.4 is 14.8 Å². The molecule has 0 aliphatic carbocycles. The predicted molar refractivity (Wildman–Crippen MR) is 119 cm³/mol. The van der Waals surface area contributed by atoms with Crippen molar-refractivity contribution in [3.05, 3.63) is 71.0 Å². The molecule has 0 bridgehead atoms. The summed E-state index contributed by atoms with van der Waals surface area (Å²) in [6, 6.07) is 13.9. The van der Waals surface area contributed by atoms with Gasteiger partial charge < -0.3 is 14.8 Å². The molecule has 31 heavy (non-hydrogen) atoms. The Balaban J connectivity index is 2.02. The van der Waals surface area contributed by atoms with E-state index in [1.807, 2.05) is 26.8 Å². The van der Waals surface area contributed by atoms with Crippen molar-refractivity contribution >= 4 is 17.4 Å². The quantitative estimate of drug-likeness (QED) is 0.603. The molecule has 1 amide bonds. The van der Waals surface area contributed by atoms with Gasteiger partial charge in [-0.25, -0.2) is 0 Å². The van der Waals surface area contributed by atoms with Gasteiger partial charge in [0.15, 0.2) is 5.75 Å². The molecule has 0 aliphatic heterocycles. The first-order valence-corrected chi connectivity index (χ1v) is 9.88. The van der Waals surface area contributed by atoms with Gasteiger partial charge in [0.1, 0.15) is 17.0 Å². The highest BCUT2D eigenvalue weighted by Crippen LogP contribution is 2.37. The van der Waals surface area contributed by atoms with Gasteiger partial charge in [-0.1, -0.05) is 51.1 Å². The minimum absolute atomic E-state index is 0.191. The van der Waals surface area contributed by atoms with Crippen LogP contribution in [0.3, 0.4) is 0 Å². The highest BCUT2D eigenvalue weighted by atomic mass is 16.5. The normalized spacial score (nSPS) is 11.2. The number of anilines is 1. The highest BCUT2D eigenvalue weighted by molar-refractivity contribution is 6.14. The third kappa shape index (κ3) is 4.45. The smallest absolute Gasteiger partial charge is 0.274 e. The number of amides is 1. The summed E-state index contributed by atoms with van der Waals surface area (Å²) in [7, 11) is 4.66. The van der Waals surface area contributed by atoms with E-state index in [0.717, 1.165) is 5.69 Å². The fourth-order valence-corrected chi connectivity index (χ4v) is 3.23. The van der Waals surface area contributed by atoms with Crippen LogP contribution in [0.1, 0.15) is 52.9 Å². The molecule has 0 radical (unpaired) electrons. The second kappa shape index (κ2) is 8.63. The molecule has 0 saturated heterocycles. The van der Waals surface area contributed by atoms with Crippen LogP contribution in [-0.2, 0) is 12.5 Å². The summed E-state index contributed by atoms with van der Waals surface area (Å²) >= 11 is 0. The minimum Gasteiger partial charge on any atom is -0.496 e. The molecule has 0 unspecified atom stereocenters. The second-order valence-corrected chi connectivity index (χ2v) is 8.16. The van der Waals surface area contributed by atoms with Gasteiger partial charge in [-0.3, -0.25) is 14.3 Å². The van der Waals surface area contributed by atoms with E-state index in [-0.39, 0.29) is 28.4 Å². The number of carbonyl (C=O) groups excluding carboxylic acids is 2. The van der Waals surface area contributed by atoms with Gasteiger partial charge >= 0.3 is 0 Å². The predicted octanol–water partition coefficient (Wildman–Crippen LogP) is 4.22. The fourth-order valence-electron chi connectivity index (χ4n) is 3.23. The Morgan fingerprint density at radius 2 is 1.68 bits per heavy atom. The van der Waals surface area contributed by atoms with Gasteiger partial charge in [0.2, 0.25) is 5.78 Å². The van der Waals surface area contributed by atoms with Crippen LogP contribution in [0.2, 0.25) is 0 Å². The number of aromatic nitrogens is 2. The average molecular weight is 421 g/mol. The maximum atomic E-state index is 13.2. The number of nitrogens with zero attached hydrogens (tertiary/aromatic N) is 2. The van der Waals surface area contributed by atoms with Crippen LogP contribution in [0.4, 0.5) is 5.69 Å². The SMILES string of the molecule is COc1ccc(NC(=O)c2cc(C(C)(C)C)nn2C)c(OC)c1C(=O)c1ccccc1. The van der Waals surface area contributed by atoms with E-state index in [9.17, 15) is 9.59 Å². The zero-order valence-electron chi connectivity index (χ0n) is 18.6. The lowest BCUT2D eigenvalue weighted by atomic mass is 9.92. The number of nitrogens with one attached hydrogen (secondary N) is 1. The summed E-state index contributed by atoms with van der Waals surface area (Å²) in [5, 5.41) is 7.30. The van der Waals surface area contributed by atoms with E-state index in [0.29, 0.717) is 22.7 Å². The van der Waals surface area contributed by atoms with Gasteiger partial charge in [-0.2, -0.15) is 5.10 Å². The lowest BCUT2D eigenvalue weighted by Crippen LogP contribution is -2.17. The number of carbonyl (C=O) groups is 2. The number of benzene rings is 2. The molecule has 7 heteroatoms. The molecule has 0 saturated carbocycles. The molecule has 162 valence electrons. The van der Waals surface area contributed by atoms with Crippen molar-refractivity contribution < 1.29 is 19.1 Å². The molecule has 0 spiro atoms. The molecule has 1 heterocycles. The largest absolute Gasteiger partial charge is 0.496 e. The number of aryl methyl sites for hydroxylation is 1. The maximum Gasteiger partial charge on any atom is 0.274 e. The molecule has 1 N–H and O–H groups in total. The van der Waals surface area contributed by atoms with Gasteiger partial charge in [0.05, 0.1) is 25.6 Å². The first-order valence-electron chi connectivity index (χ1n) is 9.88. The molecule has 1 aromatic heterocycles. The monoisotopic (exact) mass is 421 g/mol. The molecule has 0 aliphatic rings.